The highest BCUT2D eigenvalue weighted by atomic mass is 16.5. The van der Waals surface area contributed by atoms with Gasteiger partial charge in [0.05, 0.1) is 31.3 Å². The third-order valence-corrected chi connectivity index (χ3v) is 4.52. The molecule has 29 heavy (non-hydrogen) atoms. The smallest absolute Gasteiger partial charge is 0.282 e. The molecular formula is C23H19N3O3. The minimum Gasteiger partial charge on any atom is -0.493 e. The number of methoxy groups -OCH3 is 2. The summed E-state index contributed by atoms with van der Waals surface area (Å²) in [6, 6.07) is 22.2. The Bertz CT molecular complexity index is 1250. The molecule has 4 aromatic rings. The van der Waals surface area contributed by atoms with Crippen molar-refractivity contribution in [2.45, 2.75) is 0 Å². The van der Waals surface area contributed by atoms with Gasteiger partial charge in [-0.2, -0.15) is 9.78 Å². The van der Waals surface area contributed by atoms with Gasteiger partial charge >= 0.3 is 0 Å². The van der Waals surface area contributed by atoms with Crippen molar-refractivity contribution in [3.05, 3.63) is 88.7 Å². The summed E-state index contributed by atoms with van der Waals surface area (Å²) >= 11 is 0. The van der Waals surface area contributed by atoms with Crippen molar-refractivity contribution in [1.29, 1.82) is 0 Å². The van der Waals surface area contributed by atoms with E-state index >= 15 is 0 Å². The van der Waals surface area contributed by atoms with E-state index in [-0.39, 0.29) is 5.56 Å². The average molecular weight is 385 g/mol. The van der Waals surface area contributed by atoms with Crippen molar-refractivity contribution in [3.63, 3.8) is 0 Å². The molecule has 1 aromatic heterocycles. The van der Waals surface area contributed by atoms with Gasteiger partial charge in [-0.05, 0) is 35.9 Å². The molecule has 1 heterocycles. The van der Waals surface area contributed by atoms with Crippen LogP contribution in [0.2, 0.25) is 0 Å². The van der Waals surface area contributed by atoms with Crippen molar-refractivity contribution in [3.8, 4) is 22.9 Å². The summed E-state index contributed by atoms with van der Waals surface area (Å²) in [5.74, 6) is 1.56. The van der Waals surface area contributed by atoms with E-state index in [1.165, 1.54) is 4.68 Å². The van der Waals surface area contributed by atoms with Crippen molar-refractivity contribution in [2.24, 2.45) is 5.10 Å². The van der Waals surface area contributed by atoms with Crippen LogP contribution in [0.15, 0.2) is 82.7 Å². The van der Waals surface area contributed by atoms with Gasteiger partial charge in [0.2, 0.25) is 0 Å². The number of fused-ring (bicyclic) bond motifs is 1. The highest BCUT2D eigenvalue weighted by molar-refractivity contribution is 5.82. The lowest BCUT2D eigenvalue weighted by Crippen LogP contribution is -2.20. The average Bonchev–Trinajstić information content (AvgIpc) is 2.78. The number of nitrogens with zero attached hydrogens (tertiary/aromatic N) is 3. The van der Waals surface area contributed by atoms with Crippen LogP contribution < -0.4 is 15.0 Å². The van der Waals surface area contributed by atoms with Gasteiger partial charge in [0.1, 0.15) is 0 Å². The summed E-state index contributed by atoms with van der Waals surface area (Å²) in [6.45, 7) is 0. The van der Waals surface area contributed by atoms with Crippen molar-refractivity contribution < 1.29 is 9.47 Å². The van der Waals surface area contributed by atoms with Crippen LogP contribution in [0.4, 0.5) is 0 Å². The zero-order chi connectivity index (χ0) is 20.2. The Labute approximate surface area is 167 Å². The van der Waals surface area contributed by atoms with E-state index in [0.717, 1.165) is 5.56 Å². The fourth-order valence-corrected chi connectivity index (χ4v) is 3.06. The molecule has 0 fully saturated rings. The van der Waals surface area contributed by atoms with E-state index in [0.29, 0.717) is 33.8 Å². The summed E-state index contributed by atoms with van der Waals surface area (Å²) in [7, 11) is 3.14. The molecule has 0 amide bonds. The Morgan fingerprint density at radius 3 is 2.38 bits per heavy atom. The van der Waals surface area contributed by atoms with E-state index in [9.17, 15) is 4.79 Å². The van der Waals surface area contributed by atoms with Crippen LogP contribution in [-0.2, 0) is 0 Å². The summed E-state index contributed by atoms with van der Waals surface area (Å²) in [5.41, 5.74) is 1.93. The topological polar surface area (TPSA) is 65.7 Å². The van der Waals surface area contributed by atoms with E-state index in [1.54, 1.807) is 38.6 Å². The molecule has 0 bridgehead atoms. The van der Waals surface area contributed by atoms with Crippen LogP contribution >= 0.6 is 0 Å². The van der Waals surface area contributed by atoms with Gasteiger partial charge in [0, 0.05) is 5.56 Å². The maximum Gasteiger partial charge on any atom is 0.282 e. The highest BCUT2D eigenvalue weighted by Crippen LogP contribution is 2.31. The summed E-state index contributed by atoms with van der Waals surface area (Å²) in [5, 5.41) is 4.95. The molecule has 0 spiro atoms. The first-order valence-corrected chi connectivity index (χ1v) is 9.05. The van der Waals surface area contributed by atoms with E-state index < -0.39 is 0 Å². The number of hydrogen-bond acceptors (Lipinski definition) is 5. The molecular weight excluding hydrogens is 366 g/mol. The Morgan fingerprint density at radius 1 is 0.897 bits per heavy atom. The van der Waals surface area contributed by atoms with Crippen LogP contribution in [0.25, 0.3) is 22.3 Å². The first kappa shape index (κ1) is 18.4. The van der Waals surface area contributed by atoms with Crippen LogP contribution in [0.5, 0.6) is 11.5 Å². The van der Waals surface area contributed by atoms with Crippen LogP contribution in [0.3, 0.4) is 0 Å². The maximum atomic E-state index is 13.2. The number of benzene rings is 3. The minimum absolute atomic E-state index is 0.243. The van der Waals surface area contributed by atoms with Crippen LogP contribution in [0.1, 0.15) is 5.56 Å². The van der Waals surface area contributed by atoms with E-state index in [2.05, 4.69) is 5.10 Å². The number of rotatable bonds is 5. The van der Waals surface area contributed by atoms with Gasteiger partial charge in [-0.1, -0.05) is 42.5 Å². The summed E-state index contributed by atoms with van der Waals surface area (Å²) < 4.78 is 12.0. The summed E-state index contributed by atoms with van der Waals surface area (Å²) in [4.78, 5) is 17.9. The minimum atomic E-state index is -0.243. The van der Waals surface area contributed by atoms with Gasteiger partial charge in [-0.3, -0.25) is 4.79 Å². The van der Waals surface area contributed by atoms with Crippen LogP contribution in [0, 0.1) is 0 Å². The van der Waals surface area contributed by atoms with Gasteiger partial charge < -0.3 is 9.47 Å². The molecule has 6 nitrogen and oxygen atoms in total. The number of aromatic nitrogens is 2. The first-order valence-electron chi connectivity index (χ1n) is 9.05. The third-order valence-electron chi connectivity index (χ3n) is 4.52. The van der Waals surface area contributed by atoms with Crippen molar-refractivity contribution in [1.82, 2.24) is 9.66 Å². The molecule has 0 unspecified atom stereocenters. The number of hydrogen-bond donors (Lipinski definition) is 0. The van der Waals surface area contributed by atoms with Crippen LogP contribution in [-0.4, -0.2) is 30.1 Å². The zero-order valence-corrected chi connectivity index (χ0v) is 16.1. The second-order valence-corrected chi connectivity index (χ2v) is 6.29. The summed E-state index contributed by atoms with van der Waals surface area (Å²) in [6.07, 6.45) is 1.64. The van der Waals surface area contributed by atoms with E-state index in [4.69, 9.17) is 14.5 Å². The molecule has 0 aliphatic rings. The fraction of sp³-hybridized carbons (Fsp3) is 0.0870. The molecule has 0 N–H and O–H groups in total. The molecule has 0 saturated carbocycles. The second-order valence-electron chi connectivity index (χ2n) is 6.29. The SMILES string of the molecule is COc1ccc(-c2nc3ccccc3c(=O)n2N=Cc2ccccc2)cc1OC. The predicted octanol–water partition coefficient (Wildman–Crippen LogP) is 3.96. The second kappa shape index (κ2) is 7.98. The molecule has 6 heteroatoms. The lowest BCUT2D eigenvalue weighted by molar-refractivity contribution is 0.355. The lowest BCUT2D eigenvalue weighted by Gasteiger charge is -2.12. The Morgan fingerprint density at radius 2 is 1.62 bits per heavy atom. The molecule has 0 aliphatic carbocycles. The van der Waals surface area contributed by atoms with Gasteiger partial charge in [-0.25, -0.2) is 4.98 Å². The van der Waals surface area contributed by atoms with Gasteiger partial charge in [0.15, 0.2) is 17.3 Å². The van der Waals surface area contributed by atoms with Gasteiger partial charge in [0.25, 0.3) is 5.56 Å². The quantitative estimate of drug-likeness (QED) is 0.488. The molecule has 4 rings (SSSR count). The third kappa shape index (κ3) is 3.60. The molecule has 144 valence electrons. The standard InChI is InChI=1S/C23H19N3O3/c1-28-20-13-12-17(14-21(20)29-2)22-25-19-11-7-6-10-18(19)23(27)26(22)24-15-16-8-4-3-5-9-16/h3-15H,1-2H3. The maximum absolute atomic E-state index is 13.2. The first-order chi connectivity index (χ1) is 14.2. The Balaban J connectivity index is 1.95. The Kier molecular flexibility index (Phi) is 5.07. The van der Waals surface area contributed by atoms with E-state index in [1.807, 2.05) is 54.6 Å². The number of ether oxygens (including phenoxy) is 2. The zero-order valence-electron chi connectivity index (χ0n) is 16.1. The van der Waals surface area contributed by atoms with Crippen molar-refractivity contribution in [2.75, 3.05) is 14.2 Å². The fourth-order valence-electron chi connectivity index (χ4n) is 3.06. The normalized spacial score (nSPS) is 11.1. The predicted molar refractivity (Wildman–Crippen MR) is 114 cm³/mol. The molecule has 0 aliphatic heterocycles. The molecule has 0 radical (unpaired) electrons. The largest absolute Gasteiger partial charge is 0.493 e. The highest BCUT2D eigenvalue weighted by Gasteiger charge is 2.14. The monoisotopic (exact) mass is 385 g/mol. The molecule has 0 saturated heterocycles. The van der Waals surface area contributed by atoms with Gasteiger partial charge in [-0.15, -0.1) is 0 Å². The molecule has 0 atom stereocenters. The number of para-hydroxylation sites is 1. The molecule has 3 aromatic carbocycles. The van der Waals surface area contributed by atoms with Crippen molar-refractivity contribution >= 4 is 17.1 Å². The Hall–Kier alpha value is -3.93. The lowest BCUT2D eigenvalue weighted by atomic mass is 10.1.